The minimum absolute atomic E-state index is 0.258. The monoisotopic (exact) mass is 360 g/mol. The predicted molar refractivity (Wildman–Crippen MR) is 99.8 cm³/mol. The van der Waals surface area contributed by atoms with Gasteiger partial charge in [0.15, 0.2) is 0 Å². The molecule has 2 aromatic carbocycles. The summed E-state index contributed by atoms with van der Waals surface area (Å²) in [6.45, 7) is 6.52. The second-order valence-corrected chi connectivity index (χ2v) is 8.02. The largest absolute Gasteiger partial charge is 0.492 e. The van der Waals surface area contributed by atoms with Crippen LogP contribution in [0.1, 0.15) is 12.5 Å². The van der Waals surface area contributed by atoms with Crippen LogP contribution in [0, 0.1) is 6.92 Å². The highest BCUT2D eigenvalue weighted by Gasteiger charge is 2.31. The molecule has 5 nitrogen and oxygen atoms in total. The van der Waals surface area contributed by atoms with Crippen LogP contribution < -0.4 is 9.64 Å². The topological polar surface area (TPSA) is 49.9 Å². The van der Waals surface area contributed by atoms with Crippen LogP contribution >= 0.6 is 0 Å². The zero-order valence-corrected chi connectivity index (χ0v) is 15.5. The van der Waals surface area contributed by atoms with Crippen molar-refractivity contribution in [2.24, 2.45) is 0 Å². The number of anilines is 1. The van der Waals surface area contributed by atoms with Gasteiger partial charge in [0.2, 0.25) is 10.0 Å². The molecule has 2 aromatic rings. The molecule has 0 saturated carbocycles. The minimum atomic E-state index is -3.56. The predicted octanol–water partition coefficient (Wildman–Crippen LogP) is 2.90. The van der Waals surface area contributed by atoms with E-state index in [1.54, 1.807) is 16.4 Å². The van der Waals surface area contributed by atoms with Gasteiger partial charge in [0.25, 0.3) is 0 Å². The van der Waals surface area contributed by atoms with Crippen LogP contribution in [0.25, 0.3) is 0 Å². The van der Waals surface area contributed by atoms with Gasteiger partial charge in [-0.1, -0.05) is 24.3 Å². The molecule has 1 aliphatic heterocycles. The number of aryl methyl sites for hydroxylation is 1. The van der Waals surface area contributed by atoms with Crippen molar-refractivity contribution >= 4 is 15.7 Å². The van der Waals surface area contributed by atoms with Gasteiger partial charge in [-0.25, -0.2) is 8.42 Å². The molecule has 25 heavy (non-hydrogen) atoms. The number of sulfonamides is 1. The summed E-state index contributed by atoms with van der Waals surface area (Å²) in [7, 11) is -3.56. The van der Waals surface area contributed by atoms with Crippen molar-refractivity contribution in [3.8, 4) is 5.75 Å². The number of rotatable bonds is 5. The lowest BCUT2D eigenvalue weighted by molar-refractivity contribution is 0.327. The van der Waals surface area contributed by atoms with Crippen molar-refractivity contribution in [3.05, 3.63) is 54.1 Å². The Balaban J connectivity index is 1.78. The Bertz CT molecular complexity index is 814. The minimum Gasteiger partial charge on any atom is -0.492 e. The number of nitrogens with zero attached hydrogens (tertiary/aromatic N) is 2. The molecule has 0 amide bonds. The van der Waals surface area contributed by atoms with E-state index in [2.05, 4.69) is 17.0 Å². The molecule has 1 heterocycles. The van der Waals surface area contributed by atoms with Gasteiger partial charge < -0.3 is 9.64 Å². The van der Waals surface area contributed by atoms with Gasteiger partial charge in [-0.2, -0.15) is 4.31 Å². The summed E-state index contributed by atoms with van der Waals surface area (Å²) in [6.07, 6.45) is 0. The fourth-order valence-corrected chi connectivity index (χ4v) is 4.60. The Labute approximate surface area is 149 Å². The summed E-state index contributed by atoms with van der Waals surface area (Å²) in [5.41, 5.74) is 2.11. The van der Waals surface area contributed by atoms with E-state index in [1.807, 2.05) is 38.1 Å². The van der Waals surface area contributed by atoms with Crippen LogP contribution in [-0.4, -0.2) is 45.5 Å². The lowest BCUT2D eigenvalue weighted by Crippen LogP contribution is -2.48. The van der Waals surface area contributed by atoms with Crippen molar-refractivity contribution in [1.29, 1.82) is 0 Å². The third kappa shape index (κ3) is 3.80. The summed E-state index contributed by atoms with van der Waals surface area (Å²) in [5.74, 6) is 0.438. The van der Waals surface area contributed by atoms with E-state index in [0.29, 0.717) is 38.5 Å². The summed E-state index contributed by atoms with van der Waals surface area (Å²) in [6, 6.07) is 15.3. The molecule has 0 radical (unpaired) electrons. The van der Waals surface area contributed by atoms with E-state index in [-0.39, 0.29) is 4.90 Å². The summed E-state index contributed by atoms with van der Waals surface area (Å²) >= 11 is 0. The maximum Gasteiger partial charge on any atom is 0.246 e. The van der Waals surface area contributed by atoms with Crippen molar-refractivity contribution in [2.75, 3.05) is 37.7 Å². The van der Waals surface area contributed by atoms with E-state index < -0.39 is 10.0 Å². The number of hydrogen-bond donors (Lipinski definition) is 0. The number of piperazine rings is 1. The third-order valence-electron chi connectivity index (χ3n) is 4.38. The quantitative estimate of drug-likeness (QED) is 0.823. The lowest BCUT2D eigenvalue weighted by atomic mass is 10.2. The van der Waals surface area contributed by atoms with Gasteiger partial charge in [-0.3, -0.25) is 0 Å². The van der Waals surface area contributed by atoms with Crippen LogP contribution in [0.2, 0.25) is 0 Å². The number of ether oxygens (including phenoxy) is 1. The Morgan fingerprint density at radius 1 is 1.00 bits per heavy atom. The van der Waals surface area contributed by atoms with Crippen LogP contribution in [0.3, 0.4) is 0 Å². The van der Waals surface area contributed by atoms with Gasteiger partial charge in [0.1, 0.15) is 10.6 Å². The summed E-state index contributed by atoms with van der Waals surface area (Å²) in [4.78, 5) is 2.47. The Morgan fingerprint density at radius 3 is 2.32 bits per heavy atom. The van der Waals surface area contributed by atoms with E-state index in [1.165, 1.54) is 0 Å². The molecular weight excluding hydrogens is 336 g/mol. The zero-order chi connectivity index (χ0) is 17.9. The van der Waals surface area contributed by atoms with E-state index in [9.17, 15) is 8.42 Å². The highest BCUT2D eigenvalue weighted by atomic mass is 32.2. The van der Waals surface area contributed by atoms with E-state index >= 15 is 0 Å². The Kier molecular flexibility index (Phi) is 5.30. The van der Waals surface area contributed by atoms with Gasteiger partial charge >= 0.3 is 0 Å². The van der Waals surface area contributed by atoms with Crippen LogP contribution in [-0.2, 0) is 10.0 Å². The maximum atomic E-state index is 13.1. The van der Waals surface area contributed by atoms with E-state index in [0.717, 1.165) is 11.3 Å². The first-order valence-electron chi connectivity index (χ1n) is 8.56. The van der Waals surface area contributed by atoms with Crippen molar-refractivity contribution in [3.63, 3.8) is 0 Å². The highest BCUT2D eigenvalue weighted by Crippen LogP contribution is 2.29. The first-order valence-corrected chi connectivity index (χ1v) is 10.00. The average molecular weight is 360 g/mol. The molecular formula is C19H24N2O3S. The molecule has 1 fully saturated rings. The smallest absolute Gasteiger partial charge is 0.246 e. The molecule has 134 valence electrons. The molecule has 3 rings (SSSR count). The second-order valence-electron chi connectivity index (χ2n) is 6.11. The Morgan fingerprint density at radius 2 is 1.68 bits per heavy atom. The number of para-hydroxylation sites is 1. The van der Waals surface area contributed by atoms with Crippen LogP contribution in [0.15, 0.2) is 53.4 Å². The molecule has 1 aliphatic rings. The number of hydrogen-bond acceptors (Lipinski definition) is 4. The standard InChI is InChI=1S/C19H24N2O3S/c1-3-24-18-15-16(2)9-10-19(18)25(22,23)21-13-11-20(12-14-21)17-7-5-4-6-8-17/h4-10,15H,3,11-14H2,1-2H3. The van der Waals surface area contributed by atoms with Gasteiger partial charge in [0, 0.05) is 31.9 Å². The van der Waals surface area contributed by atoms with Crippen molar-refractivity contribution in [2.45, 2.75) is 18.7 Å². The second kappa shape index (κ2) is 7.45. The van der Waals surface area contributed by atoms with Gasteiger partial charge in [-0.15, -0.1) is 0 Å². The maximum absolute atomic E-state index is 13.1. The zero-order valence-electron chi connectivity index (χ0n) is 14.7. The molecule has 0 aliphatic carbocycles. The summed E-state index contributed by atoms with van der Waals surface area (Å²) < 4.78 is 33.3. The molecule has 0 aromatic heterocycles. The SMILES string of the molecule is CCOc1cc(C)ccc1S(=O)(=O)N1CCN(c2ccccc2)CC1. The normalized spacial score (nSPS) is 16.0. The third-order valence-corrected chi connectivity index (χ3v) is 6.31. The molecule has 1 saturated heterocycles. The molecule has 0 bridgehead atoms. The molecule has 0 spiro atoms. The van der Waals surface area contributed by atoms with Crippen LogP contribution in [0.4, 0.5) is 5.69 Å². The molecule has 0 atom stereocenters. The molecule has 0 N–H and O–H groups in total. The van der Waals surface area contributed by atoms with Gasteiger partial charge in [0.05, 0.1) is 6.61 Å². The first kappa shape index (κ1) is 17.8. The fourth-order valence-electron chi connectivity index (χ4n) is 3.06. The van der Waals surface area contributed by atoms with Crippen molar-refractivity contribution in [1.82, 2.24) is 4.31 Å². The molecule has 6 heteroatoms. The van der Waals surface area contributed by atoms with Crippen LogP contribution in [0.5, 0.6) is 5.75 Å². The first-order chi connectivity index (χ1) is 12.0. The highest BCUT2D eigenvalue weighted by molar-refractivity contribution is 7.89. The Hall–Kier alpha value is -2.05. The lowest BCUT2D eigenvalue weighted by Gasteiger charge is -2.35. The summed E-state index contributed by atoms with van der Waals surface area (Å²) in [5, 5.41) is 0. The van der Waals surface area contributed by atoms with E-state index in [4.69, 9.17) is 4.74 Å². The number of benzene rings is 2. The average Bonchev–Trinajstić information content (AvgIpc) is 2.63. The van der Waals surface area contributed by atoms with Gasteiger partial charge in [-0.05, 0) is 43.7 Å². The van der Waals surface area contributed by atoms with Crippen molar-refractivity contribution < 1.29 is 13.2 Å². The molecule has 0 unspecified atom stereocenters. The fraction of sp³-hybridized carbons (Fsp3) is 0.368.